The van der Waals surface area contributed by atoms with Crippen LogP contribution in [-0.2, 0) is 11.8 Å². The van der Waals surface area contributed by atoms with Crippen LogP contribution >= 0.6 is 11.6 Å². The molecule has 2 aromatic heterocycles. The second-order valence-corrected chi connectivity index (χ2v) is 3.52. The van der Waals surface area contributed by atoms with Crippen molar-refractivity contribution in [3.8, 4) is 0 Å². The summed E-state index contributed by atoms with van der Waals surface area (Å²) >= 11 is 5.98. The van der Waals surface area contributed by atoms with E-state index in [0.717, 1.165) is 5.39 Å². The highest BCUT2D eigenvalue weighted by molar-refractivity contribution is 6.35. The van der Waals surface area contributed by atoms with Gasteiger partial charge in [0.15, 0.2) is 0 Å². The fraction of sp³-hybridized carbons (Fsp3) is 0.200. The fourth-order valence-corrected chi connectivity index (χ4v) is 1.68. The lowest BCUT2D eigenvalue weighted by molar-refractivity contribution is 0.0590. The zero-order valence-corrected chi connectivity index (χ0v) is 9.08. The van der Waals surface area contributed by atoms with Crippen molar-refractivity contribution >= 4 is 28.6 Å². The minimum Gasteiger partial charge on any atom is -0.464 e. The van der Waals surface area contributed by atoms with Crippen molar-refractivity contribution in [2.24, 2.45) is 7.05 Å². The standard InChI is InChI=1S/C10H9ClN2O2/c1-13-8(10(14)15-2)5-6-7(11)3-4-12-9(6)13/h3-5H,1-2H3. The molecule has 4 nitrogen and oxygen atoms in total. The van der Waals surface area contributed by atoms with Gasteiger partial charge in [-0.2, -0.15) is 0 Å². The lowest BCUT2D eigenvalue weighted by Gasteiger charge is -2.00. The summed E-state index contributed by atoms with van der Waals surface area (Å²) in [7, 11) is 3.09. The highest BCUT2D eigenvalue weighted by atomic mass is 35.5. The molecule has 0 unspecified atom stereocenters. The first-order valence-corrected chi connectivity index (χ1v) is 4.71. The summed E-state index contributed by atoms with van der Waals surface area (Å²) in [6.45, 7) is 0. The highest BCUT2D eigenvalue weighted by Gasteiger charge is 2.15. The van der Waals surface area contributed by atoms with E-state index in [4.69, 9.17) is 11.6 Å². The molecule has 0 aliphatic carbocycles. The summed E-state index contributed by atoms with van der Waals surface area (Å²) in [6.07, 6.45) is 1.60. The number of hydrogen-bond donors (Lipinski definition) is 0. The number of methoxy groups -OCH3 is 1. The van der Waals surface area contributed by atoms with Gasteiger partial charge in [-0.3, -0.25) is 0 Å². The van der Waals surface area contributed by atoms with Crippen LogP contribution in [-0.4, -0.2) is 22.6 Å². The molecular formula is C10H9ClN2O2. The van der Waals surface area contributed by atoms with Crippen LogP contribution in [0.15, 0.2) is 18.3 Å². The van der Waals surface area contributed by atoms with Gasteiger partial charge in [0.1, 0.15) is 11.3 Å². The number of esters is 1. The van der Waals surface area contributed by atoms with Crippen molar-refractivity contribution in [3.63, 3.8) is 0 Å². The molecule has 0 spiro atoms. The Kier molecular flexibility index (Phi) is 2.36. The molecule has 0 amide bonds. The number of pyridine rings is 1. The molecule has 0 bridgehead atoms. The van der Waals surface area contributed by atoms with Crippen molar-refractivity contribution < 1.29 is 9.53 Å². The zero-order valence-electron chi connectivity index (χ0n) is 8.32. The van der Waals surface area contributed by atoms with E-state index >= 15 is 0 Å². The van der Waals surface area contributed by atoms with E-state index in [1.807, 2.05) is 0 Å². The Labute approximate surface area is 91.4 Å². The lowest BCUT2D eigenvalue weighted by atomic mass is 10.3. The van der Waals surface area contributed by atoms with Gasteiger partial charge in [0.05, 0.1) is 12.1 Å². The largest absolute Gasteiger partial charge is 0.464 e. The third kappa shape index (κ3) is 1.47. The second kappa shape index (κ2) is 3.55. The highest BCUT2D eigenvalue weighted by Crippen LogP contribution is 2.24. The van der Waals surface area contributed by atoms with Gasteiger partial charge in [0, 0.05) is 18.6 Å². The molecule has 0 radical (unpaired) electrons. The smallest absolute Gasteiger partial charge is 0.354 e. The van der Waals surface area contributed by atoms with Gasteiger partial charge in [-0.15, -0.1) is 0 Å². The molecule has 0 saturated heterocycles. The second-order valence-electron chi connectivity index (χ2n) is 3.11. The van der Waals surface area contributed by atoms with Crippen molar-refractivity contribution in [3.05, 3.63) is 29.0 Å². The van der Waals surface area contributed by atoms with Gasteiger partial charge in [0.25, 0.3) is 0 Å². The molecule has 78 valence electrons. The number of fused-ring (bicyclic) bond motifs is 1. The lowest BCUT2D eigenvalue weighted by Crippen LogP contribution is -2.07. The first-order chi connectivity index (χ1) is 7.15. The van der Waals surface area contributed by atoms with E-state index in [-0.39, 0.29) is 0 Å². The molecule has 0 saturated carbocycles. The fourth-order valence-electron chi connectivity index (χ4n) is 1.49. The van der Waals surface area contributed by atoms with E-state index in [0.29, 0.717) is 16.4 Å². The van der Waals surface area contributed by atoms with Gasteiger partial charge >= 0.3 is 5.97 Å². The van der Waals surface area contributed by atoms with Crippen LogP contribution in [0.2, 0.25) is 5.02 Å². The molecule has 0 aliphatic heterocycles. The Morgan fingerprint density at radius 1 is 1.60 bits per heavy atom. The van der Waals surface area contributed by atoms with E-state index in [9.17, 15) is 4.79 Å². The Hall–Kier alpha value is -1.55. The number of carbonyl (C=O) groups is 1. The molecule has 0 aromatic carbocycles. The van der Waals surface area contributed by atoms with E-state index in [1.165, 1.54) is 7.11 Å². The number of aryl methyl sites for hydroxylation is 1. The molecule has 2 rings (SSSR count). The molecule has 0 fully saturated rings. The predicted molar refractivity (Wildman–Crippen MR) is 57.1 cm³/mol. The van der Waals surface area contributed by atoms with E-state index in [2.05, 4.69) is 9.72 Å². The summed E-state index contributed by atoms with van der Waals surface area (Å²) in [5.74, 6) is -0.397. The molecule has 0 atom stereocenters. The summed E-state index contributed by atoms with van der Waals surface area (Å²) in [5, 5.41) is 1.33. The minimum absolute atomic E-state index is 0.397. The normalized spacial score (nSPS) is 10.6. The van der Waals surface area contributed by atoms with E-state index in [1.54, 1.807) is 29.9 Å². The van der Waals surface area contributed by atoms with Gasteiger partial charge < -0.3 is 9.30 Å². The SMILES string of the molecule is COC(=O)c1cc2c(Cl)ccnc2n1C. The number of rotatable bonds is 1. The van der Waals surface area contributed by atoms with Crippen LogP contribution < -0.4 is 0 Å². The molecule has 2 aromatic rings. The van der Waals surface area contributed by atoms with Crippen LogP contribution in [0.4, 0.5) is 0 Å². The Bertz CT molecular complexity index is 533. The molecule has 5 heteroatoms. The third-order valence-corrected chi connectivity index (χ3v) is 2.60. The molecule has 2 heterocycles. The van der Waals surface area contributed by atoms with Crippen LogP contribution in [0.1, 0.15) is 10.5 Å². The third-order valence-electron chi connectivity index (χ3n) is 2.27. The quantitative estimate of drug-likeness (QED) is 0.696. The summed E-state index contributed by atoms with van der Waals surface area (Å²) < 4.78 is 6.32. The summed E-state index contributed by atoms with van der Waals surface area (Å²) in [5.41, 5.74) is 1.11. The van der Waals surface area contributed by atoms with Gasteiger partial charge in [0.2, 0.25) is 0 Å². The Balaban J connectivity index is 2.75. The topological polar surface area (TPSA) is 44.1 Å². The van der Waals surface area contributed by atoms with Crippen molar-refractivity contribution in [2.45, 2.75) is 0 Å². The van der Waals surface area contributed by atoms with Crippen LogP contribution in [0.3, 0.4) is 0 Å². The summed E-state index contributed by atoms with van der Waals surface area (Å²) in [6, 6.07) is 3.36. The van der Waals surface area contributed by atoms with Crippen molar-refractivity contribution in [1.82, 2.24) is 9.55 Å². The van der Waals surface area contributed by atoms with Crippen LogP contribution in [0, 0.1) is 0 Å². The average molecular weight is 225 g/mol. The minimum atomic E-state index is -0.397. The average Bonchev–Trinajstić information content (AvgIpc) is 2.57. The molecule has 0 N–H and O–H groups in total. The number of halogens is 1. The first-order valence-electron chi connectivity index (χ1n) is 4.33. The van der Waals surface area contributed by atoms with Gasteiger partial charge in [-0.1, -0.05) is 11.6 Å². The molecule has 15 heavy (non-hydrogen) atoms. The Morgan fingerprint density at radius 2 is 2.33 bits per heavy atom. The van der Waals surface area contributed by atoms with E-state index < -0.39 is 5.97 Å². The number of carbonyl (C=O) groups excluding carboxylic acids is 1. The van der Waals surface area contributed by atoms with Gasteiger partial charge in [-0.05, 0) is 12.1 Å². The number of nitrogens with zero attached hydrogens (tertiary/aromatic N) is 2. The monoisotopic (exact) mass is 224 g/mol. The zero-order chi connectivity index (χ0) is 11.0. The van der Waals surface area contributed by atoms with Crippen molar-refractivity contribution in [1.29, 1.82) is 0 Å². The maximum Gasteiger partial charge on any atom is 0.354 e. The molecular weight excluding hydrogens is 216 g/mol. The Morgan fingerprint density at radius 3 is 2.93 bits per heavy atom. The van der Waals surface area contributed by atoms with Gasteiger partial charge in [-0.25, -0.2) is 9.78 Å². The predicted octanol–water partition coefficient (Wildman–Crippen LogP) is 2.01. The maximum atomic E-state index is 11.4. The molecule has 0 aliphatic rings. The maximum absolute atomic E-state index is 11.4. The van der Waals surface area contributed by atoms with Crippen molar-refractivity contribution in [2.75, 3.05) is 7.11 Å². The number of hydrogen-bond acceptors (Lipinski definition) is 3. The number of ether oxygens (including phenoxy) is 1. The van der Waals surface area contributed by atoms with Crippen LogP contribution in [0.25, 0.3) is 11.0 Å². The van der Waals surface area contributed by atoms with Crippen LogP contribution in [0.5, 0.6) is 0 Å². The number of aromatic nitrogens is 2. The summed E-state index contributed by atoms with van der Waals surface area (Å²) in [4.78, 5) is 15.6. The first kappa shape index (κ1) is 9.98.